The maximum absolute atomic E-state index is 11.6. The first-order valence-corrected chi connectivity index (χ1v) is 7.10. The molecule has 0 radical (unpaired) electrons. The molecule has 0 aliphatic heterocycles. The van der Waals surface area contributed by atoms with Crippen molar-refractivity contribution in [3.05, 3.63) is 35.9 Å². The van der Waals surface area contributed by atoms with Crippen LogP contribution in [0.5, 0.6) is 0 Å². The van der Waals surface area contributed by atoms with Crippen LogP contribution in [0.15, 0.2) is 30.3 Å². The zero-order chi connectivity index (χ0) is 14.8. The normalized spacial score (nSPS) is 11.7. The van der Waals surface area contributed by atoms with Crippen LogP contribution in [0.3, 0.4) is 0 Å². The van der Waals surface area contributed by atoms with Gasteiger partial charge in [0.2, 0.25) is 0 Å². The quantitative estimate of drug-likeness (QED) is 0.791. The summed E-state index contributed by atoms with van der Waals surface area (Å²) >= 11 is 0. The molecule has 1 aromatic carbocycles. The fraction of sp³-hybridized carbons (Fsp3) is 0.500. The van der Waals surface area contributed by atoms with Crippen LogP contribution < -0.4 is 5.32 Å². The summed E-state index contributed by atoms with van der Waals surface area (Å²) in [6.45, 7) is 4.10. The van der Waals surface area contributed by atoms with E-state index in [-0.39, 0.29) is 18.4 Å². The number of nitrogens with one attached hydrogen (secondary N) is 1. The Morgan fingerprint density at radius 2 is 1.95 bits per heavy atom. The first-order chi connectivity index (χ1) is 9.61. The molecule has 1 atom stereocenters. The summed E-state index contributed by atoms with van der Waals surface area (Å²) in [6, 6.07) is 9.29. The zero-order valence-corrected chi connectivity index (χ0v) is 12.2. The van der Waals surface area contributed by atoms with Crippen molar-refractivity contribution in [3.8, 4) is 0 Å². The van der Waals surface area contributed by atoms with E-state index in [1.807, 2.05) is 37.3 Å². The Bertz CT molecular complexity index is 417. The SMILES string of the molecule is CCCCC(=O)C[C@@H](C)NC(=O)OCc1ccccc1. The number of alkyl carbamates (subject to hydrolysis) is 1. The van der Waals surface area contributed by atoms with E-state index in [0.717, 1.165) is 18.4 Å². The van der Waals surface area contributed by atoms with Gasteiger partial charge in [-0.3, -0.25) is 4.79 Å². The van der Waals surface area contributed by atoms with Gasteiger partial charge in [-0.25, -0.2) is 4.79 Å². The van der Waals surface area contributed by atoms with Crippen LogP contribution in [0.1, 0.15) is 45.1 Å². The summed E-state index contributed by atoms with van der Waals surface area (Å²) in [7, 11) is 0. The van der Waals surface area contributed by atoms with Crippen LogP contribution in [-0.4, -0.2) is 17.9 Å². The maximum Gasteiger partial charge on any atom is 0.407 e. The molecule has 0 spiro atoms. The molecule has 4 nitrogen and oxygen atoms in total. The van der Waals surface area contributed by atoms with Crippen LogP contribution in [0, 0.1) is 0 Å². The van der Waals surface area contributed by atoms with Crippen LogP contribution in [-0.2, 0) is 16.1 Å². The largest absolute Gasteiger partial charge is 0.445 e. The van der Waals surface area contributed by atoms with Crippen molar-refractivity contribution in [2.24, 2.45) is 0 Å². The van der Waals surface area contributed by atoms with Gasteiger partial charge in [-0.2, -0.15) is 0 Å². The lowest BCUT2D eigenvalue weighted by Crippen LogP contribution is -2.34. The van der Waals surface area contributed by atoms with Gasteiger partial charge in [-0.05, 0) is 18.9 Å². The first kappa shape index (κ1) is 16.2. The van der Waals surface area contributed by atoms with Crippen molar-refractivity contribution in [2.75, 3.05) is 0 Å². The summed E-state index contributed by atoms with van der Waals surface area (Å²) in [5.74, 6) is 0.183. The first-order valence-electron chi connectivity index (χ1n) is 7.10. The third kappa shape index (κ3) is 6.92. The third-order valence-corrected chi connectivity index (χ3v) is 2.92. The van der Waals surface area contributed by atoms with E-state index in [9.17, 15) is 9.59 Å². The van der Waals surface area contributed by atoms with Crippen molar-refractivity contribution in [1.82, 2.24) is 5.32 Å². The molecule has 0 fully saturated rings. The van der Waals surface area contributed by atoms with E-state index in [0.29, 0.717) is 12.8 Å². The highest BCUT2D eigenvalue weighted by atomic mass is 16.5. The number of hydrogen-bond donors (Lipinski definition) is 1. The molecule has 0 saturated heterocycles. The number of benzene rings is 1. The zero-order valence-electron chi connectivity index (χ0n) is 12.2. The van der Waals surface area contributed by atoms with Gasteiger partial charge in [0.15, 0.2) is 0 Å². The minimum Gasteiger partial charge on any atom is -0.445 e. The van der Waals surface area contributed by atoms with Gasteiger partial charge in [0.1, 0.15) is 12.4 Å². The lowest BCUT2D eigenvalue weighted by atomic mass is 10.1. The molecule has 0 aromatic heterocycles. The molecule has 4 heteroatoms. The molecule has 1 N–H and O–H groups in total. The average Bonchev–Trinajstić information content (AvgIpc) is 2.44. The van der Waals surface area contributed by atoms with Crippen LogP contribution >= 0.6 is 0 Å². The molecule has 20 heavy (non-hydrogen) atoms. The molecule has 0 saturated carbocycles. The van der Waals surface area contributed by atoms with E-state index >= 15 is 0 Å². The Labute approximate surface area is 120 Å². The summed E-state index contributed by atoms with van der Waals surface area (Å²) in [6.07, 6.45) is 2.38. The third-order valence-electron chi connectivity index (χ3n) is 2.92. The summed E-state index contributed by atoms with van der Waals surface area (Å²) < 4.78 is 5.10. The van der Waals surface area contributed by atoms with Gasteiger partial charge < -0.3 is 10.1 Å². The Morgan fingerprint density at radius 1 is 1.25 bits per heavy atom. The highest BCUT2D eigenvalue weighted by molar-refractivity contribution is 5.79. The fourth-order valence-electron chi connectivity index (χ4n) is 1.83. The van der Waals surface area contributed by atoms with Crippen molar-refractivity contribution >= 4 is 11.9 Å². The molecule has 0 bridgehead atoms. The minimum absolute atomic E-state index is 0.183. The smallest absolute Gasteiger partial charge is 0.407 e. The molecule has 1 aromatic rings. The Hall–Kier alpha value is -1.84. The number of carbonyl (C=O) groups excluding carboxylic acids is 2. The van der Waals surface area contributed by atoms with E-state index in [1.165, 1.54) is 0 Å². The van der Waals surface area contributed by atoms with Crippen molar-refractivity contribution in [2.45, 2.75) is 52.2 Å². The summed E-state index contributed by atoms with van der Waals surface area (Å²) in [5.41, 5.74) is 0.939. The molecule has 1 amide bonds. The van der Waals surface area contributed by atoms with Gasteiger partial charge in [0.05, 0.1) is 0 Å². The maximum atomic E-state index is 11.6. The van der Waals surface area contributed by atoms with E-state index in [1.54, 1.807) is 0 Å². The molecule has 0 aliphatic carbocycles. The van der Waals surface area contributed by atoms with Crippen molar-refractivity contribution in [1.29, 1.82) is 0 Å². The predicted molar refractivity (Wildman–Crippen MR) is 78.4 cm³/mol. The number of amides is 1. The second-order valence-corrected chi connectivity index (χ2v) is 4.95. The lowest BCUT2D eigenvalue weighted by molar-refractivity contribution is -0.119. The van der Waals surface area contributed by atoms with Gasteiger partial charge in [0.25, 0.3) is 0 Å². The van der Waals surface area contributed by atoms with Crippen LogP contribution in [0.25, 0.3) is 0 Å². The topological polar surface area (TPSA) is 55.4 Å². The number of ketones is 1. The second kappa shape index (κ2) is 9.13. The molecule has 1 rings (SSSR count). The standard InChI is InChI=1S/C16H23NO3/c1-3-4-10-15(18)11-13(2)17-16(19)20-12-14-8-6-5-7-9-14/h5-9,13H,3-4,10-12H2,1-2H3,(H,17,19)/t13-/m1/s1. The molecule has 110 valence electrons. The molecule has 0 heterocycles. The van der Waals surface area contributed by atoms with Gasteiger partial charge in [-0.1, -0.05) is 43.7 Å². The van der Waals surface area contributed by atoms with Gasteiger partial charge in [0, 0.05) is 18.9 Å². The number of unbranched alkanes of at least 4 members (excludes halogenated alkanes) is 1. The van der Waals surface area contributed by atoms with E-state index in [2.05, 4.69) is 12.2 Å². The molecule has 0 unspecified atom stereocenters. The number of Topliss-reactive ketones (excluding diaryl/α,β-unsaturated/α-hetero) is 1. The van der Waals surface area contributed by atoms with E-state index in [4.69, 9.17) is 4.74 Å². The number of hydrogen-bond acceptors (Lipinski definition) is 3. The number of rotatable bonds is 8. The minimum atomic E-state index is -0.482. The summed E-state index contributed by atoms with van der Waals surface area (Å²) in [5, 5.41) is 2.68. The lowest BCUT2D eigenvalue weighted by Gasteiger charge is -2.13. The molecule has 0 aliphatic rings. The average molecular weight is 277 g/mol. The Balaban J connectivity index is 2.22. The van der Waals surface area contributed by atoms with Crippen molar-refractivity contribution < 1.29 is 14.3 Å². The number of ether oxygens (including phenoxy) is 1. The van der Waals surface area contributed by atoms with Crippen LogP contribution in [0.2, 0.25) is 0 Å². The fourth-order valence-corrected chi connectivity index (χ4v) is 1.83. The predicted octanol–water partition coefficient (Wildman–Crippen LogP) is 3.45. The van der Waals surface area contributed by atoms with Crippen molar-refractivity contribution in [3.63, 3.8) is 0 Å². The van der Waals surface area contributed by atoms with Gasteiger partial charge >= 0.3 is 6.09 Å². The monoisotopic (exact) mass is 277 g/mol. The van der Waals surface area contributed by atoms with Gasteiger partial charge in [-0.15, -0.1) is 0 Å². The Morgan fingerprint density at radius 3 is 2.60 bits per heavy atom. The van der Waals surface area contributed by atoms with Crippen LogP contribution in [0.4, 0.5) is 4.79 Å². The highest BCUT2D eigenvalue weighted by Crippen LogP contribution is 2.03. The second-order valence-electron chi connectivity index (χ2n) is 4.95. The molecular formula is C16H23NO3. The Kier molecular flexibility index (Phi) is 7.40. The number of carbonyl (C=O) groups is 2. The molecular weight excluding hydrogens is 254 g/mol. The summed E-state index contributed by atoms with van der Waals surface area (Å²) in [4.78, 5) is 23.2. The highest BCUT2D eigenvalue weighted by Gasteiger charge is 2.12. The van der Waals surface area contributed by atoms with E-state index < -0.39 is 6.09 Å².